The van der Waals surface area contributed by atoms with Crippen molar-refractivity contribution in [1.82, 2.24) is 20.1 Å². The molecule has 0 unspecified atom stereocenters. The zero-order chi connectivity index (χ0) is 17.3. The van der Waals surface area contributed by atoms with Gasteiger partial charge in [0.25, 0.3) is 11.5 Å². The number of aromatic nitrogens is 3. The van der Waals surface area contributed by atoms with Gasteiger partial charge >= 0.3 is 0 Å². The number of carbonyl (C=O) groups excluding carboxylic acids is 1. The van der Waals surface area contributed by atoms with Crippen LogP contribution in [0.2, 0.25) is 0 Å². The van der Waals surface area contributed by atoms with Crippen LogP contribution in [0.5, 0.6) is 0 Å². The average Bonchev–Trinajstić information content (AvgIpc) is 2.86. The molecule has 7 nitrogen and oxygen atoms in total. The van der Waals surface area contributed by atoms with Gasteiger partial charge in [0.05, 0.1) is 17.6 Å². The highest BCUT2D eigenvalue weighted by Crippen LogP contribution is 2.15. The molecule has 2 aromatic heterocycles. The van der Waals surface area contributed by atoms with E-state index in [0.717, 1.165) is 11.1 Å². The van der Waals surface area contributed by atoms with Gasteiger partial charge in [-0.1, -0.05) is 24.3 Å². The topological polar surface area (TPSA) is 100 Å². The van der Waals surface area contributed by atoms with Crippen LogP contribution in [0.25, 0.3) is 11.0 Å². The largest absolute Gasteiger partial charge is 0.392 e. The van der Waals surface area contributed by atoms with Crippen molar-refractivity contribution in [2.75, 3.05) is 0 Å². The number of hydrogen-bond donors (Lipinski definition) is 3. The van der Waals surface area contributed by atoms with E-state index in [1.807, 2.05) is 18.2 Å². The number of nitrogens with one attached hydrogen (secondary N) is 2. The number of pyridine rings is 1. The van der Waals surface area contributed by atoms with Crippen LogP contribution in [0.1, 0.15) is 27.2 Å². The molecule has 0 aliphatic rings. The third kappa shape index (κ3) is 2.81. The lowest BCUT2D eigenvalue weighted by Gasteiger charge is -2.10. The van der Waals surface area contributed by atoms with Gasteiger partial charge in [-0.15, -0.1) is 0 Å². The molecule has 0 aliphatic carbocycles. The van der Waals surface area contributed by atoms with Crippen molar-refractivity contribution in [3.8, 4) is 0 Å². The van der Waals surface area contributed by atoms with Crippen LogP contribution in [0.15, 0.2) is 35.1 Å². The van der Waals surface area contributed by atoms with E-state index in [9.17, 15) is 14.7 Å². The second-order valence-electron chi connectivity index (χ2n) is 5.62. The van der Waals surface area contributed by atoms with Crippen LogP contribution in [0.4, 0.5) is 0 Å². The maximum Gasteiger partial charge on any atom is 0.274 e. The minimum absolute atomic E-state index is 0.0942. The predicted molar refractivity (Wildman–Crippen MR) is 89.6 cm³/mol. The summed E-state index contributed by atoms with van der Waals surface area (Å²) < 4.78 is 1.50. The lowest BCUT2D eigenvalue weighted by atomic mass is 10.1. The van der Waals surface area contributed by atoms with Crippen LogP contribution in [-0.2, 0) is 20.2 Å². The molecule has 124 valence electrons. The van der Waals surface area contributed by atoms with Gasteiger partial charge in [0, 0.05) is 19.3 Å². The molecule has 0 saturated carbocycles. The van der Waals surface area contributed by atoms with E-state index in [2.05, 4.69) is 15.4 Å². The van der Waals surface area contributed by atoms with E-state index < -0.39 is 0 Å². The van der Waals surface area contributed by atoms with Crippen LogP contribution in [0, 0.1) is 6.92 Å². The maximum atomic E-state index is 12.6. The molecule has 2 heterocycles. The minimum atomic E-state index is -0.352. The number of nitrogens with zero attached hydrogens (tertiary/aromatic N) is 2. The lowest BCUT2D eigenvalue weighted by molar-refractivity contribution is 0.0952. The van der Waals surface area contributed by atoms with Crippen molar-refractivity contribution in [2.24, 2.45) is 7.05 Å². The third-order valence-electron chi connectivity index (χ3n) is 3.92. The van der Waals surface area contributed by atoms with E-state index in [4.69, 9.17) is 0 Å². The molecule has 0 saturated heterocycles. The van der Waals surface area contributed by atoms with E-state index in [1.54, 1.807) is 26.1 Å². The molecular formula is C17H18N4O3. The summed E-state index contributed by atoms with van der Waals surface area (Å²) in [6, 6.07) is 8.92. The molecule has 3 rings (SSSR count). The number of benzene rings is 1. The Balaban J connectivity index is 1.93. The molecule has 1 aromatic carbocycles. The quantitative estimate of drug-likeness (QED) is 0.666. The maximum absolute atomic E-state index is 12.6. The molecule has 24 heavy (non-hydrogen) atoms. The summed E-state index contributed by atoms with van der Waals surface area (Å²) in [5, 5.41) is 15.0. The number of aliphatic hydroxyl groups is 1. The van der Waals surface area contributed by atoms with Crippen molar-refractivity contribution in [3.63, 3.8) is 0 Å². The van der Waals surface area contributed by atoms with Gasteiger partial charge in [0.15, 0.2) is 5.65 Å². The van der Waals surface area contributed by atoms with Crippen molar-refractivity contribution in [2.45, 2.75) is 20.1 Å². The van der Waals surface area contributed by atoms with Gasteiger partial charge in [-0.3, -0.25) is 19.4 Å². The fourth-order valence-electron chi connectivity index (χ4n) is 2.72. The van der Waals surface area contributed by atoms with E-state index in [0.29, 0.717) is 16.9 Å². The number of aryl methyl sites for hydroxylation is 2. The summed E-state index contributed by atoms with van der Waals surface area (Å²) >= 11 is 0. The summed E-state index contributed by atoms with van der Waals surface area (Å²) in [5.74, 6) is -0.352. The molecule has 3 aromatic rings. The van der Waals surface area contributed by atoms with Gasteiger partial charge in [-0.05, 0) is 24.1 Å². The molecule has 0 fully saturated rings. The van der Waals surface area contributed by atoms with E-state index >= 15 is 0 Å². The highest BCUT2D eigenvalue weighted by molar-refractivity contribution is 6.05. The van der Waals surface area contributed by atoms with Gasteiger partial charge in [-0.25, -0.2) is 4.98 Å². The van der Waals surface area contributed by atoms with Gasteiger partial charge in [0.1, 0.15) is 0 Å². The average molecular weight is 326 g/mol. The number of hydrogen-bond acceptors (Lipinski definition) is 4. The Morgan fingerprint density at radius 3 is 2.75 bits per heavy atom. The number of aliphatic hydroxyl groups excluding tert-OH is 1. The van der Waals surface area contributed by atoms with Crippen molar-refractivity contribution >= 4 is 16.9 Å². The summed E-state index contributed by atoms with van der Waals surface area (Å²) in [5.41, 5.74) is 2.63. The molecule has 0 bridgehead atoms. The van der Waals surface area contributed by atoms with E-state index in [-0.39, 0.29) is 30.0 Å². The number of aromatic amines is 1. The number of H-pyrrole nitrogens is 1. The predicted octanol–water partition coefficient (Wildman–Crippen LogP) is 0.992. The second-order valence-corrected chi connectivity index (χ2v) is 5.62. The molecule has 0 atom stereocenters. The molecular weight excluding hydrogens is 308 g/mol. The van der Waals surface area contributed by atoms with Gasteiger partial charge in [-0.2, -0.15) is 0 Å². The van der Waals surface area contributed by atoms with Crippen molar-refractivity contribution in [1.29, 1.82) is 0 Å². The molecule has 0 radical (unpaired) electrons. The Kier molecular flexibility index (Phi) is 4.18. The smallest absolute Gasteiger partial charge is 0.274 e. The highest BCUT2D eigenvalue weighted by atomic mass is 16.3. The Morgan fingerprint density at radius 2 is 2.04 bits per heavy atom. The summed E-state index contributed by atoms with van der Waals surface area (Å²) in [6.07, 6.45) is 0. The first-order chi connectivity index (χ1) is 11.5. The molecule has 1 amide bonds. The normalized spacial score (nSPS) is 11.0. The Hall–Kier alpha value is -2.93. The number of carbonyl (C=O) groups is 1. The minimum Gasteiger partial charge on any atom is -0.392 e. The Labute approximate surface area is 137 Å². The first-order valence-electron chi connectivity index (χ1n) is 7.53. The molecule has 3 N–H and O–H groups in total. The van der Waals surface area contributed by atoms with E-state index in [1.165, 1.54) is 4.68 Å². The molecule has 0 aliphatic heterocycles. The fourth-order valence-corrected chi connectivity index (χ4v) is 2.72. The SMILES string of the molecule is Cc1cc(C(=O)NCc2ccccc2CO)c2c(=O)[nH]n(C)c2n1. The first-order valence-corrected chi connectivity index (χ1v) is 7.53. The highest BCUT2D eigenvalue weighted by Gasteiger charge is 2.17. The van der Waals surface area contributed by atoms with Crippen LogP contribution < -0.4 is 10.9 Å². The van der Waals surface area contributed by atoms with Crippen molar-refractivity contribution in [3.05, 3.63) is 63.1 Å². The number of rotatable bonds is 4. The van der Waals surface area contributed by atoms with Crippen LogP contribution in [0.3, 0.4) is 0 Å². The van der Waals surface area contributed by atoms with Crippen molar-refractivity contribution < 1.29 is 9.90 Å². The number of fused-ring (bicyclic) bond motifs is 1. The van der Waals surface area contributed by atoms with Crippen LogP contribution >= 0.6 is 0 Å². The standard InChI is InChI=1S/C17H18N4O3/c1-10-7-13(14-15(19-10)21(2)20-17(14)24)16(23)18-8-11-5-3-4-6-12(11)9-22/h3-7,22H,8-9H2,1-2H3,(H,18,23)(H,20,24). The lowest BCUT2D eigenvalue weighted by Crippen LogP contribution is -2.25. The first kappa shape index (κ1) is 15.9. The monoisotopic (exact) mass is 326 g/mol. The van der Waals surface area contributed by atoms with Gasteiger partial charge < -0.3 is 10.4 Å². The fraction of sp³-hybridized carbons (Fsp3) is 0.235. The summed E-state index contributed by atoms with van der Waals surface area (Å²) in [4.78, 5) is 29.0. The Bertz CT molecular complexity index is 972. The number of amides is 1. The second kappa shape index (κ2) is 6.29. The zero-order valence-electron chi connectivity index (χ0n) is 13.5. The molecule has 7 heteroatoms. The van der Waals surface area contributed by atoms with Crippen LogP contribution in [-0.4, -0.2) is 25.8 Å². The zero-order valence-corrected chi connectivity index (χ0v) is 13.5. The summed E-state index contributed by atoms with van der Waals surface area (Å²) in [6.45, 7) is 1.95. The Morgan fingerprint density at radius 1 is 1.33 bits per heavy atom. The summed E-state index contributed by atoms with van der Waals surface area (Å²) in [7, 11) is 1.68. The molecule has 0 spiro atoms. The third-order valence-corrected chi connectivity index (χ3v) is 3.92. The van der Waals surface area contributed by atoms with Gasteiger partial charge in [0.2, 0.25) is 0 Å².